The summed E-state index contributed by atoms with van der Waals surface area (Å²) in [6.07, 6.45) is 0. The number of rotatable bonds is 5. The number of hydrogen-bond donors (Lipinski definition) is 1. The van der Waals surface area contributed by atoms with E-state index in [0.29, 0.717) is 0 Å². The van der Waals surface area contributed by atoms with E-state index >= 15 is 0 Å². The van der Waals surface area contributed by atoms with Crippen LogP contribution in [0.1, 0.15) is 12.8 Å². The van der Waals surface area contributed by atoms with Crippen molar-refractivity contribution in [3.8, 4) is 11.4 Å². The first-order chi connectivity index (χ1) is 9.02. The van der Waals surface area contributed by atoms with Gasteiger partial charge in [-0.25, -0.2) is 17.5 Å². The SMILES string of the molecule is CCS(=O)(=O)NCc1nc(-c2ccccc2F)no1. The predicted octanol–water partition coefficient (Wildman–Crippen LogP) is 1.32. The smallest absolute Gasteiger partial charge is 0.242 e. The van der Waals surface area contributed by atoms with Gasteiger partial charge in [-0.3, -0.25) is 0 Å². The number of halogens is 1. The second-order valence-electron chi connectivity index (χ2n) is 3.72. The summed E-state index contributed by atoms with van der Waals surface area (Å²) in [5.74, 6) is -0.343. The van der Waals surface area contributed by atoms with Gasteiger partial charge in [0.05, 0.1) is 17.9 Å². The van der Waals surface area contributed by atoms with Crippen molar-refractivity contribution in [2.24, 2.45) is 0 Å². The Morgan fingerprint density at radius 2 is 2.11 bits per heavy atom. The Kier molecular flexibility index (Phi) is 3.91. The number of nitrogens with zero attached hydrogens (tertiary/aromatic N) is 2. The zero-order valence-corrected chi connectivity index (χ0v) is 10.9. The first kappa shape index (κ1) is 13.6. The van der Waals surface area contributed by atoms with Gasteiger partial charge >= 0.3 is 0 Å². The van der Waals surface area contributed by atoms with Crippen molar-refractivity contribution in [1.82, 2.24) is 14.9 Å². The molecule has 0 fully saturated rings. The summed E-state index contributed by atoms with van der Waals surface area (Å²) in [4.78, 5) is 3.93. The summed E-state index contributed by atoms with van der Waals surface area (Å²) in [7, 11) is -3.33. The molecule has 2 aromatic rings. The van der Waals surface area contributed by atoms with Crippen molar-refractivity contribution < 1.29 is 17.3 Å². The van der Waals surface area contributed by atoms with Crippen LogP contribution in [0.15, 0.2) is 28.8 Å². The second kappa shape index (κ2) is 5.45. The van der Waals surface area contributed by atoms with E-state index < -0.39 is 15.8 Å². The molecule has 8 heteroatoms. The fourth-order valence-electron chi connectivity index (χ4n) is 1.35. The zero-order valence-electron chi connectivity index (χ0n) is 10.1. The van der Waals surface area contributed by atoms with Gasteiger partial charge in [-0.2, -0.15) is 4.98 Å². The average Bonchev–Trinajstić information content (AvgIpc) is 2.86. The van der Waals surface area contributed by atoms with Gasteiger partial charge in [0.15, 0.2) is 0 Å². The molecule has 1 aromatic carbocycles. The first-order valence-corrected chi connectivity index (χ1v) is 7.22. The fraction of sp³-hybridized carbons (Fsp3) is 0.273. The minimum atomic E-state index is -3.33. The normalized spacial score (nSPS) is 11.7. The summed E-state index contributed by atoms with van der Waals surface area (Å²) in [6, 6.07) is 5.99. The van der Waals surface area contributed by atoms with E-state index in [1.807, 2.05) is 0 Å². The van der Waals surface area contributed by atoms with Crippen LogP contribution in [0.3, 0.4) is 0 Å². The fourth-order valence-corrected chi connectivity index (χ4v) is 1.90. The van der Waals surface area contributed by atoms with E-state index in [-0.39, 0.29) is 29.6 Å². The van der Waals surface area contributed by atoms with E-state index in [1.165, 1.54) is 19.1 Å². The van der Waals surface area contributed by atoms with E-state index in [2.05, 4.69) is 14.9 Å². The summed E-state index contributed by atoms with van der Waals surface area (Å²) in [6.45, 7) is 1.40. The lowest BCUT2D eigenvalue weighted by atomic mass is 10.2. The molecule has 0 amide bonds. The Balaban J connectivity index is 2.14. The van der Waals surface area contributed by atoms with Gasteiger partial charge in [-0.1, -0.05) is 17.3 Å². The molecule has 0 spiro atoms. The van der Waals surface area contributed by atoms with Crippen molar-refractivity contribution >= 4 is 10.0 Å². The minimum absolute atomic E-state index is 0.0404. The molecule has 0 aliphatic carbocycles. The molecule has 1 N–H and O–H groups in total. The van der Waals surface area contributed by atoms with Crippen molar-refractivity contribution in [2.45, 2.75) is 13.5 Å². The summed E-state index contributed by atoms with van der Waals surface area (Å²) in [5.41, 5.74) is 0.204. The second-order valence-corrected chi connectivity index (χ2v) is 5.81. The van der Waals surface area contributed by atoms with Crippen molar-refractivity contribution in [3.63, 3.8) is 0 Å². The first-order valence-electron chi connectivity index (χ1n) is 5.56. The van der Waals surface area contributed by atoms with Gasteiger partial charge in [0.25, 0.3) is 0 Å². The van der Waals surface area contributed by atoms with E-state index in [1.54, 1.807) is 12.1 Å². The van der Waals surface area contributed by atoms with E-state index in [0.717, 1.165) is 0 Å². The van der Waals surface area contributed by atoms with Crippen LogP contribution in [0.25, 0.3) is 11.4 Å². The van der Waals surface area contributed by atoms with Crippen molar-refractivity contribution in [3.05, 3.63) is 36.0 Å². The number of nitrogens with one attached hydrogen (secondary N) is 1. The lowest BCUT2D eigenvalue weighted by molar-refractivity contribution is 0.375. The average molecular weight is 285 g/mol. The molecule has 0 saturated heterocycles. The zero-order chi connectivity index (χ0) is 13.9. The van der Waals surface area contributed by atoms with Crippen LogP contribution in [0, 0.1) is 5.82 Å². The molecule has 19 heavy (non-hydrogen) atoms. The highest BCUT2D eigenvalue weighted by molar-refractivity contribution is 7.89. The van der Waals surface area contributed by atoms with E-state index in [4.69, 9.17) is 4.52 Å². The molecule has 0 radical (unpaired) electrons. The lowest BCUT2D eigenvalue weighted by Gasteiger charge is -1.99. The number of sulfonamides is 1. The Bertz CT molecular complexity index is 669. The molecule has 0 unspecified atom stereocenters. The molecular weight excluding hydrogens is 273 g/mol. The molecule has 0 saturated carbocycles. The maximum atomic E-state index is 13.5. The highest BCUT2D eigenvalue weighted by atomic mass is 32.2. The number of hydrogen-bond acceptors (Lipinski definition) is 5. The topological polar surface area (TPSA) is 85.1 Å². The Labute approximate surface area is 109 Å². The van der Waals surface area contributed by atoms with Crippen LogP contribution in [0.5, 0.6) is 0 Å². The highest BCUT2D eigenvalue weighted by Crippen LogP contribution is 2.18. The van der Waals surface area contributed by atoms with Gasteiger partial charge in [-0.15, -0.1) is 0 Å². The van der Waals surface area contributed by atoms with Crippen molar-refractivity contribution in [1.29, 1.82) is 0 Å². The Hall–Kier alpha value is -1.80. The van der Waals surface area contributed by atoms with Crippen LogP contribution >= 0.6 is 0 Å². The van der Waals surface area contributed by atoms with E-state index in [9.17, 15) is 12.8 Å². The molecule has 0 bridgehead atoms. The third kappa shape index (κ3) is 3.36. The molecule has 0 aliphatic rings. The number of aromatic nitrogens is 2. The maximum absolute atomic E-state index is 13.5. The standard InChI is InChI=1S/C11H12FN3O3S/c1-2-19(16,17)13-7-10-14-11(15-18-10)8-5-3-4-6-9(8)12/h3-6,13H,2,7H2,1H3. The van der Waals surface area contributed by atoms with Gasteiger partial charge in [0.2, 0.25) is 21.7 Å². The van der Waals surface area contributed by atoms with Crippen LogP contribution in [-0.4, -0.2) is 24.3 Å². The molecule has 102 valence electrons. The highest BCUT2D eigenvalue weighted by Gasteiger charge is 2.14. The molecule has 0 atom stereocenters. The molecule has 0 aliphatic heterocycles. The summed E-state index contributed by atoms with van der Waals surface area (Å²) >= 11 is 0. The molecule has 2 rings (SSSR count). The monoisotopic (exact) mass is 285 g/mol. The Morgan fingerprint density at radius 1 is 1.37 bits per heavy atom. The molecule has 6 nitrogen and oxygen atoms in total. The van der Waals surface area contributed by atoms with Crippen molar-refractivity contribution in [2.75, 3.05) is 5.75 Å². The van der Waals surface area contributed by atoms with Crippen LogP contribution in [-0.2, 0) is 16.6 Å². The largest absolute Gasteiger partial charge is 0.338 e. The minimum Gasteiger partial charge on any atom is -0.338 e. The molecule has 1 heterocycles. The Morgan fingerprint density at radius 3 is 2.79 bits per heavy atom. The maximum Gasteiger partial charge on any atom is 0.242 e. The summed E-state index contributed by atoms with van der Waals surface area (Å²) in [5, 5.41) is 3.61. The third-order valence-corrected chi connectivity index (χ3v) is 3.75. The predicted molar refractivity (Wildman–Crippen MR) is 66.0 cm³/mol. The molecule has 1 aromatic heterocycles. The third-order valence-electron chi connectivity index (χ3n) is 2.41. The quantitative estimate of drug-likeness (QED) is 0.895. The van der Waals surface area contributed by atoms with Crippen LogP contribution < -0.4 is 4.72 Å². The van der Waals surface area contributed by atoms with Gasteiger partial charge in [0, 0.05) is 0 Å². The summed E-state index contributed by atoms with van der Waals surface area (Å²) < 4.78 is 43.1. The van der Waals surface area contributed by atoms with Gasteiger partial charge < -0.3 is 4.52 Å². The van der Waals surface area contributed by atoms with Gasteiger partial charge in [0.1, 0.15) is 5.82 Å². The van der Waals surface area contributed by atoms with Crippen LogP contribution in [0.2, 0.25) is 0 Å². The van der Waals surface area contributed by atoms with Gasteiger partial charge in [-0.05, 0) is 19.1 Å². The lowest BCUT2D eigenvalue weighted by Crippen LogP contribution is -2.24. The number of benzene rings is 1. The van der Waals surface area contributed by atoms with Crippen LogP contribution in [0.4, 0.5) is 4.39 Å². The molecular formula is C11H12FN3O3S.